The van der Waals surface area contributed by atoms with Gasteiger partial charge in [-0.25, -0.2) is 0 Å². The van der Waals surface area contributed by atoms with Crippen LogP contribution in [0, 0.1) is 0 Å². The number of carboxylic acids is 1. The van der Waals surface area contributed by atoms with Crippen LogP contribution in [0.2, 0.25) is 0 Å². The van der Waals surface area contributed by atoms with Crippen LogP contribution in [-0.2, 0) is 17.6 Å². The second-order valence-electron chi connectivity index (χ2n) is 3.06. The Bertz CT molecular complexity index is 334. The Hall–Kier alpha value is -0.960. The highest BCUT2D eigenvalue weighted by Gasteiger charge is 2.06. The van der Waals surface area contributed by atoms with Gasteiger partial charge in [0.25, 0.3) is 0 Å². The highest BCUT2D eigenvalue weighted by Crippen LogP contribution is 2.20. The van der Waals surface area contributed by atoms with Gasteiger partial charge in [0, 0.05) is 4.90 Å². The molecule has 3 heteroatoms. The van der Waals surface area contributed by atoms with Crippen LogP contribution < -0.4 is 0 Å². The predicted octanol–water partition coefficient (Wildman–Crippen LogP) is 2.60. The van der Waals surface area contributed by atoms with Crippen molar-refractivity contribution in [3.8, 4) is 0 Å². The molecule has 1 N–H and O–H groups in total. The van der Waals surface area contributed by atoms with E-state index in [4.69, 9.17) is 5.11 Å². The van der Waals surface area contributed by atoms with Gasteiger partial charge in [-0.2, -0.15) is 0 Å². The number of thioether (sulfide) groups is 1. The molecule has 0 spiro atoms. The Morgan fingerprint density at radius 2 is 2.14 bits per heavy atom. The number of carbonyl (C=O) groups is 1. The summed E-state index contributed by atoms with van der Waals surface area (Å²) < 4.78 is 0. The Kier molecular flexibility index (Phi) is 4.01. The van der Waals surface area contributed by atoms with Crippen molar-refractivity contribution < 1.29 is 9.90 Å². The first-order chi connectivity index (χ1) is 6.67. The molecule has 0 atom stereocenters. The molecule has 1 rings (SSSR count). The zero-order chi connectivity index (χ0) is 10.6. The van der Waals surface area contributed by atoms with Crippen molar-refractivity contribution in [3.63, 3.8) is 0 Å². The van der Waals surface area contributed by atoms with E-state index in [-0.39, 0.29) is 6.42 Å². The summed E-state index contributed by atoms with van der Waals surface area (Å²) in [7, 11) is 0. The van der Waals surface area contributed by atoms with Crippen molar-refractivity contribution in [2.75, 3.05) is 6.26 Å². The van der Waals surface area contributed by atoms with E-state index in [2.05, 4.69) is 0 Å². The molecule has 0 bridgehead atoms. The van der Waals surface area contributed by atoms with Gasteiger partial charge in [-0.1, -0.05) is 13.0 Å². The van der Waals surface area contributed by atoms with Crippen LogP contribution in [0.3, 0.4) is 0 Å². The highest BCUT2D eigenvalue weighted by molar-refractivity contribution is 7.98. The van der Waals surface area contributed by atoms with E-state index in [1.54, 1.807) is 11.8 Å². The van der Waals surface area contributed by atoms with Crippen LogP contribution in [0.4, 0.5) is 0 Å². The molecular formula is C11H14O2S. The van der Waals surface area contributed by atoms with Crippen molar-refractivity contribution in [2.24, 2.45) is 0 Å². The molecule has 0 aliphatic heterocycles. The minimum absolute atomic E-state index is 0.123. The summed E-state index contributed by atoms with van der Waals surface area (Å²) in [5.41, 5.74) is 2.07. The van der Waals surface area contributed by atoms with Gasteiger partial charge in [-0.15, -0.1) is 11.8 Å². The fourth-order valence-corrected chi connectivity index (χ4v) is 1.87. The van der Waals surface area contributed by atoms with Gasteiger partial charge in [-0.05, 0) is 35.9 Å². The molecule has 0 amide bonds. The maximum absolute atomic E-state index is 10.6. The van der Waals surface area contributed by atoms with E-state index in [1.807, 2.05) is 31.4 Å². The number of aryl methyl sites for hydroxylation is 1. The number of benzene rings is 1. The van der Waals surface area contributed by atoms with Crippen molar-refractivity contribution in [3.05, 3.63) is 29.3 Å². The maximum atomic E-state index is 10.6. The van der Waals surface area contributed by atoms with Crippen molar-refractivity contribution in [2.45, 2.75) is 24.7 Å². The fourth-order valence-electron chi connectivity index (χ4n) is 1.40. The monoisotopic (exact) mass is 210 g/mol. The van der Waals surface area contributed by atoms with Gasteiger partial charge in [0.15, 0.2) is 0 Å². The van der Waals surface area contributed by atoms with Crippen LogP contribution >= 0.6 is 11.8 Å². The smallest absolute Gasteiger partial charge is 0.307 e. The number of aliphatic carboxylic acids is 1. The lowest BCUT2D eigenvalue weighted by atomic mass is 10.0. The summed E-state index contributed by atoms with van der Waals surface area (Å²) in [5, 5.41) is 8.74. The summed E-state index contributed by atoms with van der Waals surface area (Å²) >= 11 is 1.64. The first-order valence-electron chi connectivity index (χ1n) is 4.55. The van der Waals surface area contributed by atoms with E-state index < -0.39 is 5.97 Å². The minimum atomic E-state index is -0.766. The molecule has 0 saturated heterocycles. The van der Waals surface area contributed by atoms with Gasteiger partial charge in [0.05, 0.1) is 6.42 Å². The number of carboxylic acid groups (broad SMARTS) is 1. The average molecular weight is 210 g/mol. The molecular weight excluding hydrogens is 196 g/mol. The third-order valence-corrected chi connectivity index (χ3v) is 2.86. The van der Waals surface area contributed by atoms with Crippen LogP contribution in [0.1, 0.15) is 18.1 Å². The van der Waals surface area contributed by atoms with E-state index in [0.29, 0.717) is 0 Å². The van der Waals surface area contributed by atoms with Crippen LogP contribution in [0.25, 0.3) is 0 Å². The van der Waals surface area contributed by atoms with Gasteiger partial charge in [0.1, 0.15) is 0 Å². The summed E-state index contributed by atoms with van der Waals surface area (Å²) in [6.45, 7) is 2.04. The summed E-state index contributed by atoms with van der Waals surface area (Å²) in [4.78, 5) is 11.8. The Morgan fingerprint density at radius 1 is 1.43 bits per heavy atom. The zero-order valence-electron chi connectivity index (χ0n) is 8.41. The lowest BCUT2D eigenvalue weighted by molar-refractivity contribution is -0.136. The largest absolute Gasteiger partial charge is 0.481 e. The second kappa shape index (κ2) is 5.05. The SMILES string of the molecule is CCc1ccc(SC)cc1CC(=O)O. The molecule has 0 heterocycles. The summed E-state index contributed by atoms with van der Waals surface area (Å²) in [6, 6.07) is 6.02. The highest BCUT2D eigenvalue weighted by atomic mass is 32.2. The van der Waals surface area contributed by atoms with Crippen LogP contribution in [-0.4, -0.2) is 17.3 Å². The Labute approximate surface area is 88.3 Å². The number of rotatable bonds is 4. The van der Waals surface area contributed by atoms with E-state index in [1.165, 1.54) is 0 Å². The summed E-state index contributed by atoms with van der Waals surface area (Å²) in [5.74, 6) is -0.766. The molecule has 76 valence electrons. The fraction of sp³-hybridized carbons (Fsp3) is 0.364. The lowest BCUT2D eigenvalue weighted by Gasteiger charge is -2.07. The minimum Gasteiger partial charge on any atom is -0.481 e. The first kappa shape index (κ1) is 11.1. The van der Waals surface area contributed by atoms with Crippen molar-refractivity contribution in [1.82, 2.24) is 0 Å². The van der Waals surface area contributed by atoms with Crippen molar-refractivity contribution >= 4 is 17.7 Å². The van der Waals surface area contributed by atoms with Crippen LogP contribution in [0.15, 0.2) is 23.1 Å². The standard InChI is InChI=1S/C11H14O2S/c1-3-8-4-5-10(14-2)6-9(8)7-11(12)13/h4-6H,3,7H2,1-2H3,(H,12,13). The molecule has 0 radical (unpaired) electrons. The molecule has 0 aliphatic carbocycles. The lowest BCUT2D eigenvalue weighted by Crippen LogP contribution is -2.03. The molecule has 1 aromatic rings. The Balaban J connectivity index is 3.01. The third kappa shape index (κ3) is 2.77. The molecule has 14 heavy (non-hydrogen) atoms. The quantitative estimate of drug-likeness (QED) is 0.776. The van der Waals surface area contributed by atoms with Crippen molar-refractivity contribution in [1.29, 1.82) is 0 Å². The zero-order valence-corrected chi connectivity index (χ0v) is 9.23. The molecule has 2 nitrogen and oxygen atoms in total. The topological polar surface area (TPSA) is 37.3 Å². The maximum Gasteiger partial charge on any atom is 0.307 e. The molecule has 0 fully saturated rings. The average Bonchev–Trinajstić information content (AvgIpc) is 2.16. The number of hydrogen-bond donors (Lipinski definition) is 1. The Morgan fingerprint density at radius 3 is 2.64 bits per heavy atom. The van der Waals surface area contributed by atoms with Gasteiger partial charge < -0.3 is 5.11 Å². The molecule has 0 aliphatic rings. The summed E-state index contributed by atoms with van der Waals surface area (Å²) in [6.07, 6.45) is 3.00. The molecule has 1 aromatic carbocycles. The van der Waals surface area contributed by atoms with Gasteiger partial charge >= 0.3 is 5.97 Å². The van der Waals surface area contributed by atoms with Crippen LogP contribution in [0.5, 0.6) is 0 Å². The van der Waals surface area contributed by atoms with Gasteiger partial charge in [0.2, 0.25) is 0 Å². The van der Waals surface area contributed by atoms with E-state index in [9.17, 15) is 4.79 Å². The number of hydrogen-bond acceptors (Lipinski definition) is 2. The van der Waals surface area contributed by atoms with E-state index >= 15 is 0 Å². The second-order valence-corrected chi connectivity index (χ2v) is 3.94. The molecule has 0 saturated carbocycles. The molecule has 0 aromatic heterocycles. The van der Waals surface area contributed by atoms with E-state index in [0.717, 1.165) is 22.4 Å². The third-order valence-electron chi connectivity index (χ3n) is 2.14. The molecule has 0 unspecified atom stereocenters. The predicted molar refractivity (Wildman–Crippen MR) is 58.9 cm³/mol. The first-order valence-corrected chi connectivity index (χ1v) is 5.77. The normalized spacial score (nSPS) is 10.1. The van der Waals surface area contributed by atoms with Gasteiger partial charge in [-0.3, -0.25) is 4.79 Å².